The second-order valence-corrected chi connectivity index (χ2v) is 3.22. The van der Waals surface area contributed by atoms with E-state index in [1.54, 1.807) is 19.9 Å². The van der Waals surface area contributed by atoms with E-state index < -0.39 is 11.4 Å². The van der Waals surface area contributed by atoms with Crippen molar-refractivity contribution in [2.24, 2.45) is 5.41 Å². The molecule has 0 atom stereocenters. The van der Waals surface area contributed by atoms with E-state index >= 15 is 0 Å². The highest BCUT2D eigenvalue weighted by Gasteiger charge is 2.22. The molecule has 0 aliphatic heterocycles. The Morgan fingerprint density at radius 1 is 1.55 bits per heavy atom. The molecule has 2 nitrogen and oxygen atoms in total. The highest BCUT2D eigenvalue weighted by molar-refractivity contribution is 5.75. The first kappa shape index (κ1) is 10.2. The second-order valence-electron chi connectivity index (χ2n) is 3.22. The van der Waals surface area contributed by atoms with E-state index in [4.69, 9.17) is 5.11 Å². The van der Waals surface area contributed by atoms with Gasteiger partial charge in [-0.1, -0.05) is 25.5 Å². The van der Waals surface area contributed by atoms with Crippen LogP contribution >= 0.6 is 0 Å². The van der Waals surface area contributed by atoms with Crippen molar-refractivity contribution in [1.29, 1.82) is 0 Å². The third kappa shape index (κ3) is 3.81. The van der Waals surface area contributed by atoms with Crippen LogP contribution in [0.2, 0.25) is 0 Å². The minimum Gasteiger partial charge on any atom is -0.481 e. The van der Waals surface area contributed by atoms with Crippen molar-refractivity contribution in [1.82, 2.24) is 0 Å². The van der Waals surface area contributed by atoms with Gasteiger partial charge in [-0.25, -0.2) is 0 Å². The zero-order valence-electron chi connectivity index (χ0n) is 7.42. The summed E-state index contributed by atoms with van der Waals surface area (Å²) >= 11 is 0. The number of carboxylic acids is 1. The summed E-state index contributed by atoms with van der Waals surface area (Å²) in [6.07, 6.45) is 5.69. The summed E-state index contributed by atoms with van der Waals surface area (Å²) in [6.45, 7) is 5.46. The fraction of sp³-hybridized carbons (Fsp3) is 0.667. The van der Waals surface area contributed by atoms with Crippen molar-refractivity contribution in [3.63, 3.8) is 0 Å². The van der Waals surface area contributed by atoms with Crippen molar-refractivity contribution in [3.05, 3.63) is 12.2 Å². The quantitative estimate of drug-likeness (QED) is 0.635. The van der Waals surface area contributed by atoms with Crippen LogP contribution in [-0.4, -0.2) is 11.1 Å². The van der Waals surface area contributed by atoms with E-state index in [9.17, 15) is 4.79 Å². The number of rotatable bonds is 4. The van der Waals surface area contributed by atoms with Crippen LogP contribution in [0.4, 0.5) is 0 Å². The summed E-state index contributed by atoms with van der Waals surface area (Å²) in [4.78, 5) is 10.6. The smallest absolute Gasteiger partial charge is 0.312 e. The van der Waals surface area contributed by atoms with Gasteiger partial charge in [-0.3, -0.25) is 4.79 Å². The van der Waals surface area contributed by atoms with E-state index in [1.165, 1.54) is 0 Å². The lowest BCUT2D eigenvalue weighted by atomic mass is 9.93. The predicted molar refractivity (Wildman–Crippen MR) is 45.5 cm³/mol. The van der Waals surface area contributed by atoms with Gasteiger partial charge in [-0.15, -0.1) is 0 Å². The average Bonchev–Trinajstić information content (AvgIpc) is 1.88. The Hall–Kier alpha value is -0.790. The van der Waals surface area contributed by atoms with Crippen LogP contribution < -0.4 is 0 Å². The molecule has 1 N–H and O–H groups in total. The van der Waals surface area contributed by atoms with Gasteiger partial charge in [0.25, 0.3) is 0 Å². The Labute approximate surface area is 67.9 Å². The maximum atomic E-state index is 10.6. The molecule has 0 unspecified atom stereocenters. The van der Waals surface area contributed by atoms with Crippen LogP contribution in [0.15, 0.2) is 12.2 Å². The number of unbranched alkanes of at least 4 members (excludes halogenated alkanes) is 1. The molecule has 0 aromatic heterocycles. The fourth-order valence-corrected chi connectivity index (χ4v) is 0.616. The molecule has 0 aliphatic rings. The van der Waals surface area contributed by atoms with E-state index in [2.05, 4.69) is 6.92 Å². The van der Waals surface area contributed by atoms with Gasteiger partial charge < -0.3 is 5.11 Å². The van der Waals surface area contributed by atoms with Crippen LogP contribution in [0.3, 0.4) is 0 Å². The molecule has 11 heavy (non-hydrogen) atoms. The van der Waals surface area contributed by atoms with Gasteiger partial charge in [-0.05, 0) is 20.3 Å². The minimum absolute atomic E-state index is 0.713. The summed E-state index contributed by atoms with van der Waals surface area (Å²) in [5, 5.41) is 8.69. The van der Waals surface area contributed by atoms with Crippen molar-refractivity contribution in [2.75, 3.05) is 0 Å². The van der Waals surface area contributed by atoms with Crippen molar-refractivity contribution < 1.29 is 9.90 Å². The molecular weight excluding hydrogens is 140 g/mol. The molecule has 0 heterocycles. The minimum atomic E-state index is -0.773. The summed E-state index contributed by atoms with van der Waals surface area (Å²) < 4.78 is 0. The van der Waals surface area contributed by atoms with Crippen molar-refractivity contribution >= 4 is 5.97 Å². The highest BCUT2D eigenvalue weighted by Crippen LogP contribution is 2.17. The first-order valence-corrected chi connectivity index (χ1v) is 3.92. The predicted octanol–water partition coefficient (Wildman–Crippen LogP) is 2.45. The molecule has 0 rings (SSSR count). The molecule has 0 fully saturated rings. The lowest BCUT2D eigenvalue weighted by molar-refractivity contribution is -0.144. The third-order valence-corrected chi connectivity index (χ3v) is 1.54. The van der Waals surface area contributed by atoms with E-state index in [-0.39, 0.29) is 0 Å². The first-order valence-electron chi connectivity index (χ1n) is 3.92. The Bertz CT molecular complexity index is 157. The van der Waals surface area contributed by atoms with E-state index in [0.29, 0.717) is 0 Å². The van der Waals surface area contributed by atoms with Crippen LogP contribution in [0.5, 0.6) is 0 Å². The lowest BCUT2D eigenvalue weighted by Crippen LogP contribution is -2.20. The van der Waals surface area contributed by atoms with Crippen molar-refractivity contribution in [3.8, 4) is 0 Å². The molecule has 0 aliphatic carbocycles. The molecular formula is C9H16O2. The number of hydrogen-bond donors (Lipinski definition) is 1. The maximum absolute atomic E-state index is 10.6. The zero-order valence-corrected chi connectivity index (χ0v) is 7.42. The largest absolute Gasteiger partial charge is 0.481 e. The Morgan fingerprint density at radius 2 is 2.09 bits per heavy atom. The SMILES string of the molecule is CCC/C=C/C(C)(C)C(=O)O. The second kappa shape index (κ2) is 4.16. The monoisotopic (exact) mass is 156 g/mol. The van der Waals surface area contributed by atoms with Crippen LogP contribution in [0.25, 0.3) is 0 Å². The molecule has 0 spiro atoms. The number of hydrogen-bond acceptors (Lipinski definition) is 1. The summed E-state index contributed by atoms with van der Waals surface area (Å²) in [5.41, 5.74) is -0.713. The Balaban J connectivity index is 4.00. The summed E-state index contributed by atoms with van der Waals surface area (Å²) in [7, 11) is 0. The van der Waals surface area contributed by atoms with Crippen LogP contribution in [-0.2, 0) is 4.79 Å². The molecule has 0 radical (unpaired) electrons. The van der Waals surface area contributed by atoms with Gasteiger partial charge in [0.1, 0.15) is 0 Å². The molecule has 0 bridgehead atoms. The van der Waals surface area contributed by atoms with E-state index in [0.717, 1.165) is 12.8 Å². The molecule has 0 aromatic carbocycles. The molecule has 64 valence electrons. The number of carbonyl (C=O) groups is 1. The van der Waals surface area contributed by atoms with Gasteiger partial charge >= 0.3 is 5.97 Å². The molecule has 2 heteroatoms. The van der Waals surface area contributed by atoms with Gasteiger partial charge in [0.2, 0.25) is 0 Å². The summed E-state index contributed by atoms with van der Waals surface area (Å²) in [6, 6.07) is 0. The van der Waals surface area contributed by atoms with Gasteiger partial charge in [-0.2, -0.15) is 0 Å². The Morgan fingerprint density at radius 3 is 2.45 bits per heavy atom. The maximum Gasteiger partial charge on any atom is 0.312 e. The van der Waals surface area contributed by atoms with Gasteiger partial charge in [0.05, 0.1) is 5.41 Å². The average molecular weight is 156 g/mol. The number of aliphatic carboxylic acids is 1. The Kier molecular flexibility index (Phi) is 3.86. The zero-order chi connectivity index (χ0) is 8.91. The fourth-order valence-electron chi connectivity index (χ4n) is 0.616. The molecule has 0 aromatic rings. The first-order chi connectivity index (χ1) is 5.00. The summed E-state index contributed by atoms with van der Waals surface area (Å²) in [5.74, 6) is -0.773. The molecule has 0 saturated heterocycles. The molecule has 0 saturated carbocycles. The van der Waals surface area contributed by atoms with Gasteiger partial charge in [0.15, 0.2) is 0 Å². The third-order valence-electron chi connectivity index (χ3n) is 1.54. The lowest BCUT2D eigenvalue weighted by Gasteiger charge is -2.12. The van der Waals surface area contributed by atoms with Gasteiger partial charge in [0, 0.05) is 0 Å². The van der Waals surface area contributed by atoms with Crippen LogP contribution in [0, 0.1) is 5.41 Å². The topological polar surface area (TPSA) is 37.3 Å². The standard InChI is InChI=1S/C9H16O2/c1-4-5-6-7-9(2,3)8(10)11/h6-7H,4-5H2,1-3H3,(H,10,11)/b7-6+. The van der Waals surface area contributed by atoms with Crippen molar-refractivity contribution in [2.45, 2.75) is 33.6 Å². The van der Waals surface area contributed by atoms with E-state index in [1.807, 2.05) is 6.08 Å². The molecule has 0 amide bonds. The number of carboxylic acid groups (broad SMARTS) is 1. The highest BCUT2D eigenvalue weighted by atomic mass is 16.4. The normalized spacial score (nSPS) is 12.3. The number of allylic oxidation sites excluding steroid dienone is 1. The van der Waals surface area contributed by atoms with Crippen LogP contribution in [0.1, 0.15) is 33.6 Å².